The molecule has 2 rings (SSSR count). The van der Waals surface area contributed by atoms with Gasteiger partial charge in [0.1, 0.15) is 5.82 Å². The monoisotopic (exact) mass is 232 g/mol. The SMILES string of the molecule is CCC(C)N1CCCc2ccc(C(C)C)nc21. The largest absolute Gasteiger partial charge is 0.354 e. The Bertz CT molecular complexity index is 385. The fourth-order valence-corrected chi connectivity index (χ4v) is 2.45. The lowest BCUT2D eigenvalue weighted by molar-refractivity contribution is 0.569. The van der Waals surface area contributed by atoms with Crippen LogP contribution in [0.25, 0.3) is 0 Å². The minimum absolute atomic E-state index is 0.515. The highest BCUT2D eigenvalue weighted by Gasteiger charge is 2.22. The van der Waals surface area contributed by atoms with E-state index in [2.05, 4.69) is 44.7 Å². The van der Waals surface area contributed by atoms with E-state index in [1.54, 1.807) is 0 Å². The zero-order chi connectivity index (χ0) is 12.4. The molecule has 1 aliphatic heterocycles. The molecule has 0 bridgehead atoms. The van der Waals surface area contributed by atoms with Crippen LogP contribution in [0.1, 0.15) is 57.7 Å². The third kappa shape index (κ3) is 2.46. The molecule has 0 amide bonds. The lowest BCUT2D eigenvalue weighted by atomic mass is 10.0. The molecule has 17 heavy (non-hydrogen) atoms. The van der Waals surface area contributed by atoms with Crippen molar-refractivity contribution in [1.29, 1.82) is 0 Å². The molecule has 1 aromatic rings. The van der Waals surface area contributed by atoms with Crippen molar-refractivity contribution in [2.45, 2.75) is 58.9 Å². The van der Waals surface area contributed by atoms with Gasteiger partial charge in [0.25, 0.3) is 0 Å². The first kappa shape index (κ1) is 12.4. The average molecular weight is 232 g/mol. The fraction of sp³-hybridized carbons (Fsp3) is 0.667. The van der Waals surface area contributed by atoms with Gasteiger partial charge in [0.15, 0.2) is 0 Å². The van der Waals surface area contributed by atoms with Crippen LogP contribution in [0.2, 0.25) is 0 Å². The van der Waals surface area contributed by atoms with Crippen LogP contribution < -0.4 is 4.90 Å². The maximum Gasteiger partial charge on any atom is 0.132 e. The van der Waals surface area contributed by atoms with Crippen molar-refractivity contribution < 1.29 is 0 Å². The minimum atomic E-state index is 0.515. The first-order valence-corrected chi connectivity index (χ1v) is 6.90. The molecule has 0 radical (unpaired) electrons. The molecule has 0 aromatic carbocycles. The van der Waals surface area contributed by atoms with Gasteiger partial charge < -0.3 is 4.90 Å². The molecule has 1 unspecified atom stereocenters. The molecular formula is C15H24N2. The minimum Gasteiger partial charge on any atom is -0.354 e. The summed E-state index contributed by atoms with van der Waals surface area (Å²) in [7, 11) is 0. The average Bonchev–Trinajstić information content (AvgIpc) is 2.36. The van der Waals surface area contributed by atoms with E-state index in [1.165, 1.54) is 36.3 Å². The Morgan fingerprint density at radius 3 is 2.71 bits per heavy atom. The van der Waals surface area contributed by atoms with Gasteiger partial charge in [-0.15, -0.1) is 0 Å². The van der Waals surface area contributed by atoms with Crippen LogP contribution in [-0.2, 0) is 6.42 Å². The number of fused-ring (bicyclic) bond motifs is 1. The molecule has 1 aromatic heterocycles. The van der Waals surface area contributed by atoms with Crippen LogP contribution in [0.5, 0.6) is 0 Å². The van der Waals surface area contributed by atoms with Gasteiger partial charge in [0.05, 0.1) is 0 Å². The van der Waals surface area contributed by atoms with E-state index < -0.39 is 0 Å². The molecule has 0 spiro atoms. The lowest BCUT2D eigenvalue weighted by Gasteiger charge is -2.35. The second kappa shape index (κ2) is 5.07. The molecule has 0 aliphatic carbocycles. The summed E-state index contributed by atoms with van der Waals surface area (Å²) >= 11 is 0. The van der Waals surface area contributed by atoms with E-state index in [4.69, 9.17) is 4.98 Å². The van der Waals surface area contributed by atoms with Crippen LogP contribution in [0, 0.1) is 0 Å². The summed E-state index contributed by atoms with van der Waals surface area (Å²) in [5.41, 5.74) is 2.65. The summed E-state index contributed by atoms with van der Waals surface area (Å²) in [6, 6.07) is 5.08. The number of aryl methyl sites for hydroxylation is 1. The highest BCUT2D eigenvalue weighted by atomic mass is 15.2. The first-order valence-electron chi connectivity index (χ1n) is 6.90. The third-order valence-electron chi connectivity index (χ3n) is 3.81. The summed E-state index contributed by atoms with van der Waals surface area (Å²) in [6.45, 7) is 10.1. The van der Waals surface area contributed by atoms with E-state index in [-0.39, 0.29) is 0 Å². The van der Waals surface area contributed by atoms with Crippen LogP contribution >= 0.6 is 0 Å². The Hall–Kier alpha value is -1.05. The van der Waals surface area contributed by atoms with Crippen molar-refractivity contribution in [2.75, 3.05) is 11.4 Å². The summed E-state index contributed by atoms with van der Waals surface area (Å²) in [5.74, 6) is 1.76. The fourth-order valence-electron chi connectivity index (χ4n) is 2.45. The first-order chi connectivity index (χ1) is 8.13. The Labute approximate surface area is 105 Å². The quantitative estimate of drug-likeness (QED) is 0.789. The normalized spacial score (nSPS) is 17.1. The maximum absolute atomic E-state index is 4.89. The van der Waals surface area contributed by atoms with E-state index in [0.717, 1.165) is 6.54 Å². The summed E-state index contributed by atoms with van der Waals surface area (Å²) < 4.78 is 0. The number of pyridine rings is 1. The van der Waals surface area contributed by atoms with Crippen molar-refractivity contribution in [3.63, 3.8) is 0 Å². The predicted octanol–water partition coefficient (Wildman–Crippen LogP) is 3.76. The maximum atomic E-state index is 4.89. The highest BCUT2D eigenvalue weighted by molar-refractivity contribution is 5.51. The van der Waals surface area contributed by atoms with Crippen molar-refractivity contribution >= 4 is 5.82 Å². The van der Waals surface area contributed by atoms with Gasteiger partial charge in [-0.25, -0.2) is 4.98 Å². The zero-order valence-corrected chi connectivity index (χ0v) is 11.5. The topological polar surface area (TPSA) is 16.1 Å². The van der Waals surface area contributed by atoms with Gasteiger partial charge in [-0.05, 0) is 43.7 Å². The van der Waals surface area contributed by atoms with E-state index in [9.17, 15) is 0 Å². The third-order valence-corrected chi connectivity index (χ3v) is 3.81. The van der Waals surface area contributed by atoms with Gasteiger partial charge in [-0.2, -0.15) is 0 Å². The van der Waals surface area contributed by atoms with E-state index >= 15 is 0 Å². The van der Waals surface area contributed by atoms with Gasteiger partial charge in [-0.3, -0.25) is 0 Å². The number of anilines is 1. The molecule has 2 heteroatoms. The smallest absolute Gasteiger partial charge is 0.132 e. The second-order valence-corrected chi connectivity index (χ2v) is 5.43. The molecular weight excluding hydrogens is 208 g/mol. The van der Waals surface area contributed by atoms with Crippen molar-refractivity contribution in [3.05, 3.63) is 23.4 Å². The van der Waals surface area contributed by atoms with Gasteiger partial charge in [-0.1, -0.05) is 26.8 Å². The molecule has 2 heterocycles. The van der Waals surface area contributed by atoms with Crippen molar-refractivity contribution in [1.82, 2.24) is 4.98 Å². The molecule has 1 atom stereocenters. The number of nitrogens with zero attached hydrogens (tertiary/aromatic N) is 2. The van der Waals surface area contributed by atoms with Crippen molar-refractivity contribution in [2.24, 2.45) is 0 Å². The molecule has 0 N–H and O–H groups in total. The second-order valence-electron chi connectivity index (χ2n) is 5.43. The van der Waals surface area contributed by atoms with Crippen LogP contribution in [0.3, 0.4) is 0 Å². The molecule has 0 saturated carbocycles. The number of hydrogen-bond acceptors (Lipinski definition) is 2. The molecule has 0 fully saturated rings. The lowest BCUT2D eigenvalue weighted by Crippen LogP contribution is -2.37. The predicted molar refractivity (Wildman–Crippen MR) is 73.7 cm³/mol. The van der Waals surface area contributed by atoms with Crippen LogP contribution in [0.4, 0.5) is 5.82 Å². The molecule has 0 saturated heterocycles. The number of rotatable bonds is 3. The number of hydrogen-bond donors (Lipinski definition) is 0. The highest BCUT2D eigenvalue weighted by Crippen LogP contribution is 2.29. The summed E-state index contributed by atoms with van der Waals surface area (Å²) in [5, 5.41) is 0. The van der Waals surface area contributed by atoms with Crippen LogP contribution in [-0.4, -0.2) is 17.6 Å². The van der Waals surface area contributed by atoms with Gasteiger partial charge in [0, 0.05) is 18.3 Å². The molecule has 1 aliphatic rings. The standard InChI is InChI=1S/C15H24N2/c1-5-12(4)17-10-6-7-13-8-9-14(11(2)3)16-15(13)17/h8-9,11-12H,5-7,10H2,1-4H3. The molecule has 2 nitrogen and oxygen atoms in total. The Balaban J connectivity index is 2.37. The zero-order valence-electron chi connectivity index (χ0n) is 11.5. The molecule has 94 valence electrons. The van der Waals surface area contributed by atoms with E-state index in [1.807, 2.05) is 0 Å². The summed E-state index contributed by atoms with van der Waals surface area (Å²) in [6.07, 6.45) is 3.64. The van der Waals surface area contributed by atoms with Crippen LogP contribution in [0.15, 0.2) is 12.1 Å². The Morgan fingerprint density at radius 2 is 2.06 bits per heavy atom. The van der Waals surface area contributed by atoms with E-state index in [0.29, 0.717) is 12.0 Å². The Kier molecular flexibility index (Phi) is 3.70. The Morgan fingerprint density at radius 1 is 1.29 bits per heavy atom. The van der Waals surface area contributed by atoms with Crippen molar-refractivity contribution in [3.8, 4) is 0 Å². The van der Waals surface area contributed by atoms with Gasteiger partial charge >= 0.3 is 0 Å². The number of aromatic nitrogens is 1. The van der Waals surface area contributed by atoms with Gasteiger partial charge in [0.2, 0.25) is 0 Å². The summed E-state index contributed by atoms with van der Waals surface area (Å²) in [4.78, 5) is 7.38.